The molecule has 0 saturated heterocycles. The summed E-state index contributed by atoms with van der Waals surface area (Å²) >= 11 is 0. The number of carbonyl (C=O) groups is 1. The van der Waals surface area contributed by atoms with Crippen molar-refractivity contribution in [3.8, 4) is 0 Å². The van der Waals surface area contributed by atoms with Crippen molar-refractivity contribution in [3.05, 3.63) is 30.0 Å². The molecule has 0 aliphatic carbocycles. The Kier molecular flexibility index (Phi) is 6.63. The van der Waals surface area contributed by atoms with Crippen molar-refractivity contribution >= 4 is 16.9 Å². The Labute approximate surface area is 138 Å². The summed E-state index contributed by atoms with van der Waals surface area (Å²) in [4.78, 5) is 11.1. The van der Waals surface area contributed by atoms with Gasteiger partial charge >= 0.3 is 5.97 Å². The molecule has 4 nitrogen and oxygen atoms in total. The summed E-state index contributed by atoms with van der Waals surface area (Å²) in [5, 5.41) is 14.6. The van der Waals surface area contributed by atoms with Gasteiger partial charge < -0.3 is 5.11 Å². The number of rotatable bonds is 10. The largest absolute Gasteiger partial charge is 0.478 e. The monoisotopic (exact) mass is 316 g/mol. The minimum Gasteiger partial charge on any atom is -0.478 e. The highest BCUT2D eigenvalue weighted by Crippen LogP contribution is 2.23. The molecule has 0 bridgehead atoms. The Hall–Kier alpha value is -1.84. The van der Waals surface area contributed by atoms with Gasteiger partial charge in [0.1, 0.15) is 0 Å². The molecule has 126 valence electrons. The topological polar surface area (TPSA) is 55.1 Å². The average molecular weight is 316 g/mol. The molecule has 1 heterocycles. The van der Waals surface area contributed by atoms with E-state index in [1.165, 1.54) is 38.5 Å². The molecule has 1 unspecified atom stereocenters. The van der Waals surface area contributed by atoms with Crippen LogP contribution >= 0.6 is 0 Å². The standard InChI is InChI=1S/C19H28N2O2/c1-3-5-6-7-8-9-10-17(4-2)21-14-16-13-15(19(22)23)11-12-18(16)20-21/h11-14,17H,3-10H2,1-2H3,(H,22,23). The lowest BCUT2D eigenvalue weighted by molar-refractivity contribution is 0.0697. The highest BCUT2D eigenvalue weighted by Gasteiger charge is 2.12. The summed E-state index contributed by atoms with van der Waals surface area (Å²) in [7, 11) is 0. The van der Waals surface area contributed by atoms with Crippen LogP contribution in [0.15, 0.2) is 24.4 Å². The molecule has 1 N–H and O–H groups in total. The first-order valence-electron chi connectivity index (χ1n) is 8.88. The molecule has 0 aliphatic rings. The molecule has 2 aromatic rings. The van der Waals surface area contributed by atoms with Crippen LogP contribution in [0.2, 0.25) is 0 Å². The zero-order valence-corrected chi connectivity index (χ0v) is 14.3. The third kappa shape index (κ3) is 4.81. The van der Waals surface area contributed by atoms with E-state index < -0.39 is 5.97 Å². The van der Waals surface area contributed by atoms with E-state index in [1.54, 1.807) is 18.2 Å². The molecular weight excluding hydrogens is 288 g/mol. The maximum Gasteiger partial charge on any atom is 0.335 e. The Morgan fingerprint density at radius 2 is 1.91 bits per heavy atom. The lowest BCUT2D eigenvalue weighted by Gasteiger charge is -2.15. The lowest BCUT2D eigenvalue weighted by Crippen LogP contribution is -2.08. The number of hydrogen-bond acceptors (Lipinski definition) is 2. The third-order valence-electron chi connectivity index (χ3n) is 4.51. The van der Waals surface area contributed by atoms with Gasteiger partial charge in [0.05, 0.1) is 17.1 Å². The van der Waals surface area contributed by atoms with Crippen molar-refractivity contribution in [2.75, 3.05) is 0 Å². The van der Waals surface area contributed by atoms with E-state index >= 15 is 0 Å². The number of carboxylic acids is 1. The van der Waals surface area contributed by atoms with Crippen LogP contribution in [-0.4, -0.2) is 20.9 Å². The van der Waals surface area contributed by atoms with E-state index in [-0.39, 0.29) is 0 Å². The Morgan fingerprint density at radius 3 is 2.61 bits per heavy atom. The van der Waals surface area contributed by atoms with Gasteiger partial charge in [0.15, 0.2) is 0 Å². The molecule has 0 fully saturated rings. The molecule has 23 heavy (non-hydrogen) atoms. The minimum absolute atomic E-state index is 0.320. The number of unbranched alkanes of at least 4 members (excludes halogenated alkanes) is 5. The second-order valence-electron chi connectivity index (χ2n) is 6.31. The van der Waals surface area contributed by atoms with Gasteiger partial charge in [-0.3, -0.25) is 4.68 Å². The molecule has 2 rings (SSSR count). The first-order valence-corrected chi connectivity index (χ1v) is 8.88. The summed E-state index contributed by atoms with van der Waals surface area (Å²) < 4.78 is 2.03. The fraction of sp³-hybridized carbons (Fsp3) is 0.579. The summed E-state index contributed by atoms with van der Waals surface area (Å²) in [6, 6.07) is 5.53. The van der Waals surface area contributed by atoms with Crippen molar-refractivity contribution in [3.63, 3.8) is 0 Å². The molecule has 0 aliphatic heterocycles. The Balaban J connectivity index is 1.97. The van der Waals surface area contributed by atoms with Crippen LogP contribution in [0.3, 0.4) is 0 Å². The van der Waals surface area contributed by atoms with Crippen LogP contribution in [0.5, 0.6) is 0 Å². The van der Waals surface area contributed by atoms with E-state index in [0.29, 0.717) is 11.6 Å². The molecule has 1 atom stereocenters. The van der Waals surface area contributed by atoms with Crippen LogP contribution in [-0.2, 0) is 0 Å². The van der Waals surface area contributed by atoms with Crippen molar-refractivity contribution in [2.24, 2.45) is 0 Å². The summed E-state index contributed by atoms with van der Waals surface area (Å²) in [6.45, 7) is 4.43. The highest BCUT2D eigenvalue weighted by molar-refractivity contribution is 5.93. The second-order valence-corrected chi connectivity index (χ2v) is 6.31. The summed E-state index contributed by atoms with van der Waals surface area (Å²) in [5.74, 6) is -0.890. The number of fused-ring (bicyclic) bond motifs is 1. The molecule has 1 aromatic heterocycles. The van der Waals surface area contributed by atoms with Gasteiger partial charge in [0, 0.05) is 11.6 Å². The molecular formula is C19H28N2O2. The number of aromatic carboxylic acids is 1. The zero-order chi connectivity index (χ0) is 16.7. The number of aromatic nitrogens is 2. The van der Waals surface area contributed by atoms with Gasteiger partial charge in [0.25, 0.3) is 0 Å². The Morgan fingerprint density at radius 1 is 1.17 bits per heavy atom. The lowest BCUT2D eigenvalue weighted by atomic mass is 10.0. The van der Waals surface area contributed by atoms with Crippen LogP contribution in [0, 0.1) is 0 Å². The van der Waals surface area contributed by atoms with Gasteiger partial charge in [0.2, 0.25) is 0 Å². The number of hydrogen-bond donors (Lipinski definition) is 1. The maximum absolute atomic E-state index is 11.1. The van der Waals surface area contributed by atoms with Crippen LogP contribution < -0.4 is 0 Å². The van der Waals surface area contributed by atoms with Gasteiger partial charge in [-0.05, 0) is 31.0 Å². The van der Waals surface area contributed by atoms with Gasteiger partial charge in [-0.25, -0.2) is 4.79 Å². The normalized spacial score (nSPS) is 12.6. The number of benzene rings is 1. The van der Waals surface area contributed by atoms with Crippen LogP contribution in [0.4, 0.5) is 0 Å². The van der Waals surface area contributed by atoms with Gasteiger partial charge in [-0.2, -0.15) is 5.10 Å². The summed E-state index contributed by atoms with van der Waals surface area (Å²) in [6.07, 6.45) is 12.0. The Bertz CT molecular complexity index is 633. The van der Waals surface area contributed by atoms with Crippen molar-refractivity contribution in [1.82, 2.24) is 9.78 Å². The number of carboxylic acid groups (broad SMARTS) is 1. The fourth-order valence-electron chi connectivity index (χ4n) is 3.05. The predicted molar refractivity (Wildman–Crippen MR) is 94.0 cm³/mol. The van der Waals surface area contributed by atoms with Crippen LogP contribution in [0.1, 0.15) is 81.6 Å². The summed E-state index contributed by atoms with van der Waals surface area (Å²) in [5.41, 5.74) is 1.19. The predicted octanol–water partition coefficient (Wildman–Crippen LogP) is 5.44. The first kappa shape index (κ1) is 17.5. The van der Waals surface area contributed by atoms with E-state index in [2.05, 4.69) is 18.9 Å². The SMILES string of the molecule is CCCCCCCCC(CC)n1cc2cc(C(=O)O)ccc2n1. The third-order valence-corrected chi connectivity index (χ3v) is 4.51. The van der Waals surface area contributed by atoms with E-state index in [9.17, 15) is 4.79 Å². The highest BCUT2D eigenvalue weighted by atomic mass is 16.4. The van der Waals surface area contributed by atoms with Crippen molar-refractivity contribution in [2.45, 2.75) is 71.3 Å². The van der Waals surface area contributed by atoms with Gasteiger partial charge in [-0.1, -0.05) is 52.4 Å². The van der Waals surface area contributed by atoms with Gasteiger partial charge in [-0.15, -0.1) is 0 Å². The number of nitrogens with zero attached hydrogens (tertiary/aromatic N) is 2. The van der Waals surface area contributed by atoms with Crippen LogP contribution in [0.25, 0.3) is 10.9 Å². The molecule has 1 aromatic carbocycles. The first-order chi connectivity index (χ1) is 11.2. The van der Waals surface area contributed by atoms with E-state index in [4.69, 9.17) is 5.11 Å². The molecule has 0 spiro atoms. The minimum atomic E-state index is -0.890. The molecule has 0 amide bonds. The second kappa shape index (κ2) is 8.70. The molecule has 0 saturated carbocycles. The quantitative estimate of drug-likeness (QED) is 0.594. The van der Waals surface area contributed by atoms with Crippen molar-refractivity contribution < 1.29 is 9.90 Å². The smallest absolute Gasteiger partial charge is 0.335 e. The van der Waals surface area contributed by atoms with Crippen molar-refractivity contribution in [1.29, 1.82) is 0 Å². The zero-order valence-electron chi connectivity index (χ0n) is 14.3. The molecule has 0 radical (unpaired) electrons. The van der Waals surface area contributed by atoms with E-state index in [1.807, 2.05) is 10.9 Å². The molecule has 4 heteroatoms. The van der Waals surface area contributed by atoms with E-state index in [0.717, 1.165) is 23.7 Å². The average Bonchev–Trinajstić information content (AvgIpc) is 2.96. The maximum atomic E-state index is 11.1. The fourth-order valence-corrected chi connectivity index (χ4v) is 3.05.